The van der Waals surface area contributed by atoms with E-state index in [1.54, 1.807) is 18.2 Å². The molecule has 0 spiro atoms. The van der Waals surface area contributed by atoms with Crippen molar-refractivity contribution in [3.63, 3.8) is 0 Å². The van der Waals surface area contributed by atoms with Gasteiger partial charge >= 0.3 is 12.1 Å². The lowest BCUT2D eigenvalue weighted by atomic mass is 9.86. The van der Waals surface area contributed by atoms with Gasteiger partial charge in [-0.1, -0.05) is 50.2 Å². The van der Waals surface area contributed by atoms with Gasteiger partial charge in [0.2, 0.25) is 0 Å². The van der Waals surface area contributed by atoms with Crippen LogP contribution in [-0.2, 0) is 17.4 Å². The van der Waals surface area contributed by atoms with Crippen molar-refractivity contribution in [1.29, 1.82) is 0 Å². The van der Waals surface area contributed by atoms with Gasteiger partial charge in [0.15, 0.2) is 0 Å². The molecule has 0 heterocycles. The summed E-state index contributed by atoms with van der Waals surface area (Å²) >= 11 is 0. The fourth-order valence-electron chi connectivity index (χ4n) is 3.78. The Balaban J connectivity index is 2.09. The summed E-state index contributed by atoms with van der Waals surface area (Å²) in [6.07, 6.45) is -4.05. The van der Waals surface area contributed by atoms with Crippen LogP contribution in [0.25, 0.3) is 11.1 Å². The molecule has 0 aliphatic carbocycles. The Morgan fingerprint density at radius 2 is 1.58 bits per heavy atom. The maximum atomic E-state index is 14.2. The second-order valence-corrected chi connectivity index (χ2v) is 8.47. The van der Waals surface area contributed by atoms with E-state index in [4.69, 9.17) is 0 Å². The van der Waals surface area contributed by atoms with E-state index < -0.39 is 35.3 Å². The van der Waals surface area contributed by atoms with E-state index in [0.29, 0.717) is 28.7 Å². The minimum absolute atomic E-state index is 0.0710. The van der Waals surface area contributed by atoms with Crippen LogP contribution >= 0.6 is 0 Å². The Morgan fingerprint density at radius 3 is 2.12 bits per heavy atom. The molecule has 0 amide bonds. The van der Waals surface area contributed by atoms with Crippen LogP contribution in [-0.4, -0.2) is 11.1 Å². The van der Waals surface area contributed by atoms with Gasteiger partial charge in [-0.2, -0.15) is 13.2 Å². The quantitative estimate of drug-likeness (QED) is 0.370. The number of carboxylic acids is 1. The van der Waals surface area contributed by atoms with Crippen molar-refractivity contribution in [2.24, 2.45) is 5.92 Å². The number of aliphatic carboxylic acids is 1. The number of carboxylic acid groups (broad SMARTS) is 1. The summed E-state index contributed by atoms with van der Waals surface area (Å²) in [5.41, 5.74) is 1.48. The molecule has 0 bridgehead atoms. The van der Waals surface area contributed by atoms with Crippen molar-refractivity contribution in [1.82, 2.24) is 0 Å². The zero-order valence-corrected chi connectivity index (χ0v) is 18.1. The molecule has 1 unspecified atom stereocenters. The molecule has 0 fully saturated rings. The SMILES string of the molecule is CC(C)CC(C(=O)O)c1cc(Cc2ccc(F)cc2F)cc(-c2ccc(C(F)(F)F)cc2)c1. The molecule has 33 heavy (non-hydrogen) atoms. The van der Waals surface area contributed by atoms with Crippen LogP contribution in [0.1, 0.15) is 48.4 Å². The Kier molecular flexibility index (Phi) is 7.20. The third kappa shape index (κ3) is 6.18. The van der Waals surface area contributed by atoms with Gasteiger partial charge < -0.3 is 5.11 Å². The number of rotatable bonds is 7. The first kappa shape index (κ1) is 24.4. The first-order valence-electron chi connectivity index (χ1n) is 10.4. The van der Waals surface area contributed by atoms with E-state index in [9.17, 15) is 31.9 Å². The lowest BCUT2D eigenvalue weighted by Crippen LogP contribution is -2.14. The van der Waals surface area contributed by atoms with Crippen LogP contribution in [0.5, 0.6) is 0 Å². The molecule has 0 aliphatic rings. The van der Waals surface area contributed by atoms with Gasteiger partial charge in [-0.05, 0) is 58.4 Å². The molecule has 0 aromatic heterocycles. The lowest BCUT2D eigenvalue weighted by Gasteiger charge is -2.18. The average Bonchev–Trinajstić information content (AvgIpc) is 2.73. The van der Waals surface area contributed by atoms with Crippen LogP contribution < -0.4 is 0 Å². The summed E-state index contributed by atoms with van der Waals surface area (Å²) in [4.78, 5) is 12.0. The Hall–Kier alpha value is -3.22. The molecule has 3 rings (SSSR count). The van der Waals surface area contributed by atoms with E-state index in [2.05, 4.69) is 0 Å². The predicted octanol–water partition coefficient (Wildman–Crippen LogP) is 7.46. The molecule has 0 saturated heterocycles. The molecule has 3 aromatic rings. The third-order valence-electron chi connectivity index (χ3n) is 5.38. The second-order valence-electron chi connectivity index (χ2n) is 8.47. The Morgan fingerprint density at radius 1 is 0.909 bits per heavy atom. The van der Waals surface area contributed by atoms with Gasteiger partial charge in [0, 0.05) is 12.5 Å². The summed E-state index contributed by atoms with van der Waals surface area (Å²) in [5, 5.41) is 9.79. The Bertz CT molecular complexity index is 1130. The van der Waals surface area contributed by atoms with Crippen molar-refractivity contribution >= 4 is 5.97 Å². The number of hydrogen-bond acceptors (Lipinski definition) is 1. The van der Waals surface area contributed by atoms with E-state index in [0.717, 1.165) is 24.3 Å². The number of carbonyl (C=O) groups is 1. The van der Waals surface area contributed by atoms with Crippen molar-refractivity contribution in [2.45, 2.75) is 38.8 Å². The third-order valence-corrected chi connectivity index (χ3v) is 5.38. The highest BCUT2D eigenvalue weighted by Gasteiger charge is 2.30. The number of alkyl halides is 3. The predicted molar refractivity (Wildman–Crippen MR) is 116 cm³/mol. The van der Waals surface area contributed by atoms with Crippen LogP contribution in [0.4, 0.5) is 22.0 Å². The topological polar surface area (TPSA) is 37.3 Å². The van der Waals surface area contributed by atoms with Crippen LogP contribution in [0, 0.1) is 17.6 Å². The summed E-state index contributed by atoms with van der Waals surface area (Å²) in [6, 6.07) is 12.8. The van der Waals surface area contributed by atoms with Gasteiger partial charge in [-0.3, -0.25) is 4.79 Å². The summed E-state index contributed by atoms with van der Waals surface area (Å²) in [5.74, 6) is -3.21. The maximum absolute atomic E-state index is 14.2. The summed E-state index contributed by atoms with van der Waals surface area (Å²) in [6.45, 7) is 3.79. The standard InChI is InChI=1S/C26H23F5O2/c1-15(2)9-23(25(32)33)20-12-16(10-18-5-8-22(27)14-24(18)28)11-19(13-20)17-3-6-21(7-4-17)26(29,30)31/h3-8,11-15,23H,9-10H2,1-2H3,(H,32,33). The molecule has 1 N–H and O–H groups in total. The molecule has 2 nitrogen and oxygen atoms in total. The van der Waals surface area contributed by atoms with Crippen molar-refractivity contribution in [3.05, 3.63) is 94.6 Å². The van der Waals surface area contributed by atoms with Gasteiger partial charge in [-0.25, -0.2) is 8.78 Å². The molecule has 0 aliphatic heterocycles. The smallest absolute Gasteiger partial charge is 0.416 e. The number of hydrogen-bond donors (Lipinski definition) is 1. The second kappa shape index (κ2) is 9.73. The normalized spacial score (nSPS) is 12.7. The monoisotopic (exact) mass is 462 g/mol. The van der Waals surface area contributed by atoms with Gasteiger partial charge in [0.1, 0.15) is 11.6 Å². The maximum Gasteiger partial charge on any atom is 0.416 e. The van der Waals surface area contributed by atoms with Gasteiger partial charge in [0.05, 0.1) is 11.5 Å². The molecule has 1 atom stereocenters. The Labute approximate surface area is 188 Å². The highest BCUT2D eigenvalue weighted by Crippen LogP contribution is 2.34. The molecular weight excluding hydrogens is 439 g/mol. The van der Waals surface area contributed by atoms with E-state index in [-0.39, 0.29) is 17.9 Å². The van der Waals surface area contributed by atoms with Crippen LogP contribution in [0.15, 0.2) is 60.7 Å². The largest absolute Gasteiger partial charge is 0.481 e. The highest BCUT2D eigenvalue weighted by atomic mass is 19.4. The van der Waals surface area contributed by atoms with Crippen molar-refractivity contribution in [3.8, 4) is 11.1 Å². The van der Waals surface area contributed by atoms with E-state index in [1.165, 1.54) is 18.2 Å². The number of halogens is 5. The molecule has 3 aromatic carbocycles. The summed E-state index contributed by atoms with van der Waals surface area (Å²) < 4.78 is 66.4. The van der Waals surface area contributed by atoms with Crippen molar-refractivity contribution in [2.75, 3.05) is 0 Å². The fourth-order valence-corrected chi connectivity index (χ4v) is 3.78. The van der Waals surface area contributed by atoms with Crippen LogP contribution in [0.3, 0.4) is 0 Å². The molecule has 174 valence electrons. The molecule has 0 saturated carbocycles. The van der Waals surface area contributed by atoms with Gasteiger partial charge in [0.25, 0.3) is 0 Å². The molecule has 0 radical (unpaired) electrons. The summed E-state index contributed by atoms with van der Waals surface area (Å²) in [7, 11) is 0. The zero-order valence-electron chi connectivity index (χ0n) is 18.1. The minimum Gasteiger partial charge on any atom is -0.481 e. The number of benzene rings is 3. The van der Waals surface area contributed by atoms with Crippen LogP contribution in [0.2, 0.25) is 0 Å². The minimum atomic E-state index is -4.47. The lowest BCUT2D eigenvalue weighted by molar-refractivity contribution is -0.139. The molecular formula is C26H23F5O2. The highest BCUT2D eigenvalue weighted by molar-refractivity contribution is 5.77. The molecule has 7 heteroatoms. The fraction of sp³-hybridized carbons (Fsp3) is 0.269. The average molecular weight is 462 g/mol. The van der Waals surface area contributed by atoms with Gasteiger partial charge in [-0.15, -0.1) is 0 Å². The first-order valence-corrected chi connectivity index (χ1v) is 10.4. The van der Waals surface area contributed by atoms with E-state index >= 15 is 0 Å². The van der Waals surface area contributed by atoms with E-state index in [1.807, 2.05) is 13.8 Å². The zero-order chi connectivity index (χ0) is 24.3. The van der Waals surface area contributed by atoms with Crippen molar-refractivity contribution < 1.29 is 31.9 Å². The first-order chi connectivity index (χ1) is 15.4.